The van der Waals surface area contributed by atoms with Gasteiger partial charge in [0.15, 0.2) is 16.8 Å². The molecule has 3 aromatic carbocycles. The highest BCUT2D eigenvalue weighted by molar-refractivity contribution is 7.18. The third-order valence-electron chi connectivity index (χ3n) is 7.36. The average Bonchev–Trinajstić information content (AvgIpc) is 3.41. The zero-order valence-electron chi connectivity index (χ0n) is 23.0. The van der Waals surface area contributed by atoms with Gasteiger partial charge >= 0.3 is 0 Å². The quantitative estimate of drug-likeness (QED) is 0.212. The van der Waals surface area contributed by atoms with Gasteiger partial charge in [-0.15, -0.1) is 11.3 Å². The molecule has 8 nitrogen and oxygen atoms in total. The van der Waals surface area contributed by atoms with Gasteiger partial charge in [-0.3, -0.25) is 4.79 Å². The maximum absolute atomic E-state index is 13.2. The molecule has 0 aliphatic carbocycles. The molecular formula is C32H33N3O5S. The van der Waals surface area contributed by atoms with Crippen LogP contribution in [0.4, 0.5) is 0 Å². The number of thiazole rings is 1. The first kappa shape index (κ1) is 27.3. The summed E-state index contributed by atoms with van der Waals surface area (Å²) in [5.41, 5.74) is 1.49. The fourth-order valence-corrected chi connectivity index (χ4v) is 5.94. The van der Waals surface area contributed by atoms with Crippen molar-refractivity contribution in [1.82, 2.24) is 14.8 Å². The number of hydrogen-bond acceptors (Lipinski definition) is 9. The van der Waals surface area contributed by atoms with Crippen LogP contribution >= 0.6 is 11.3 Å². The molecule has 6 rings (SSSR count). The summed E-state index contributed by atoms with van der Waals surface area (Å²) in [4.78, 5) is 22.7. The summed E-state index contributed by atoms with van der Waals surface area (Å²) < 4.78 is 19.8. The Bertz CT molecular complexity index is 1660. The number of phenolic OH excluding ortho intramolecular Hbond substituents is 1. The van der Waals surface area contributed by atoms with Crippen LogP contribution < -0.4 is 14.9 Å². The van der Waals surface area contributed by atoms with E-state index < -0.39 is 0 Å². The Morgan fingerprint density at radius 1 is 0.976 bits per heavy atom. The second kappa shape index (κ2) is 12.3. The Morgan fingerprint density at radius 3 is 2.56 bits per heavy atom. The molecule has 0 saturated carbocycles. The molecule has 41 heavy (non-hydrogen) atoms. The molecule has 3 heterocycles. The number of unbranched alkanes of at least 4 members (excludes halogenated alkanes) is 1. The zero-order chi connectivity index (χ0) is 28.2. The largest absolute Gasteiger partial charge is 0.507 e. The van der Waals surface area contributed by atoms with Gasteiger partial charge in [-0.1, -0.05) is 42.5 Å². The zero-order valence-corrected chi connectivity index (χ0v) is 23.9. The summed E-state index contributed by atoms with van der Waals surface area (Å²) >= 11 is 1.55. The molecule has 2 aromatic heterocycles. The van der Waals surface area contributed by atoms with Gasteiger partial charge in [-0.2, -0.15) is 0 Å². The van der Waals surface area contributed by atoms with Crippen LogP contribution in [0.15, 0.2) is 75.9 Å². The predicted octanol–water partition coefficient (Wildman–Crippen LogP) is 5.76. The van der Waals surface area contributed by atoms with Crippen molar-refractivity contribution in [3.63, 3.8) is 0 Å². The average molecular weight is 572 g/mol. The third kappa shape index (κ3) is 6.22. The van der Waals surface area contributed by atoms with Gasteiger partial charge < -0.3 is 28.8 Å². The molecule has 0 amide bonds. The molecule has 1 aliphatic rings. The van der Waals surface area contributed by atoms with Gasteiger partial charge in [0.2, 0.25) is 5.75 Å². The standard InChI is InChI=1S/C32H33N3O5S/c1-34-14-16-35(17-15-34)13-7-8-18-38-31-27(39-21-29-33-23-11-5-6-12-28(23)41-29)20-25(37)30-24(36)19-26(40-32(30)31)22-9-3-2-4-10-22/h2-6,9-12,19-20,37H,7-8,13-18,21H2,1H3. The second-order valence-corrected chi connectivity index (χ2v) is 11.4. The van der Waals surface area contributed by atoms with E-state index in [1.165, 1.54) is 12.1 Å². The Kier molecular flexibility index (Phi) is 8.18. The number of para-hydroxylation sites is 1. The van der Waals surface area contributed by atoms with Crippen LogP contribution in [-0.4, -0.2) is 66.3 Å². The van der Waals surface area contributed by atoms with E-state index in [2.05, 4.69) is 21.8 Å². The summed E-state index contributed by atoms with van der Waals surface area (Å²) in [5.74, 6) is 0.802. The van der Waals surface area contributed by atoms with E-state index in [0.717, 1.165) is 66.4 Å². The Labute approximate surface area is 242 Å². The van der Waals surface area contributed by atoms with E-state index >= 15 is 0 Å². The molecule has 0 unspecified atom stereocenters. The summed E-state index contributed by atoms with van der Waals surface area (Å²) in [6.45, 7) is 5.97. The monoisotopic (exact) mass is 571 g/mol. The van der Waals surface area contributed by atoms with Gasteiger partial charge in [0.25, 0.3) is 0 Å². The van der Waals surface area contributed by atoms with E-state index in [9.17, 15) is 9.90 Å². The first-order valence-electron chi connectivity index (χ1n) is 14.0. The number of likely N-dealkylation sites (N-methyl/N-ethyl adjacent to an activating group) is 1. The number of piperazine rings is 1. The predicted molar refractivity (Wildman–Crippen MR) is 162 cm³/mol. The summed E-state index contributed by atoms with van der Waals surface area (Å²) in [6.07, 6.45) is 1.81. The van der Waals surface area contributed by atoms with Crippen LogP contribution in [0.1, 0.15) is 17.8 Å². The van der Waals surface area contributed by atoms with Crippen molar-refractivity contribution in [2.75, 3.05) is 46.4 Å². The van der Waals surface area contributed by atoms with Crippen molar-refractivity contribution in [1.29, 1.82) is 0 Å². The van der Waals surface area contributed by atoms with Crippen LogP contribution in [0.2, 0.25) is 0 Å². The number of aromatic hydroxyl groups is 1. The van der Waals surface area contributed by atoms with Crippen molar-refractivity contribution >= 4 is 32.5 Å². The maximum atomic E-state index is 13.2. The molecule has 0 atom stereocenters. The molecule has 1 N–H and O–H groups in total. The minimum Gasteiger partial charge on any atom is -0.507 e. The lowest BCUT2D eigenvalue weighted by Crippen LogP contribution is -2.44. The molecule has 1 fully saturated rings. The third-order valence-corrected chi connectivity index (χ3v) is 8.37. The highest BCUT2D eigenvalue weighted by Crippen LogP contribution is 2.42. The van der Waals surface area contributed by atoms with E-state index in [1.807, 2.05) is 54.6 Å². The van der Waals surface area contributed by atoms with Crippen molar-refractivity contribution in [3.8, 4) is 28.6 Å². The number of hydrogen-bond donors (Lipinski definition) is 1. The van der Waals surface area contributed by atoms with Gasteiger partial charge in [0, 0.05) is 43.9 Å². The van der Waals surface area contributed by atoms with E-state index in [0.29, 0.717) is 23.9 Å². The van der Waals surface area contributed by atoms with E-state index in [1.54, 1.807) is 11.3 Å². The molecule has 0 spiro atoms. The van der Waals surface area contributed by atoms with Gasteiger partial charge in [-0.05, 0) is 38.6 Å². The smallest absolute Gasteiger partial charge is 0.205 e. The SMILES string of the molecule is CN1CCN(CCCCOc2c(OCc3nc4ccccc4s3)cc(O)c3c(=O)cc(-c4ccccc4)oc23)CC1. The number of aromatic nitrogens is 1. The summed E-state index contributed by atoms with van der Waals surface area (Å²) in [5, 5.41) is 11.8. The highest BCUT2D eigenvalue weighted by atomic mass is 32.1. The van der Waals surface area contributed by atoms with Crippen LogP contribution in [0.3, 0.4) is 0 Å². The Hall–Kier alpha value is -3.92. The minimum atomic E-state index is -0.347. The summed E-state index contributed by atoms with van der Waals surface area (Å²) in [6, 6.07) is 20.2. The van der Waals surface area contributed by atoms with Gasteiger partial charge in [0.05, 0.1) is 16.8 Å². The van der Waals surface area contributed by atoms with Crippen molar-refractivity contribution < 1.29 is 19.0 Å². The molecule has 1 saturated heterocycles. The van der Waals surface area contributed by atoms with Crippen LogP contribution in [0, 0.1) is 0 Å². The lowest BCUT2D eigenvalue weighted by Gasteiger charge is -2.32. The first-order chi connectivity index (χ1) is 20.0. The molecule has 1 aliphatic heterocycles. The molecule has 0 radical (unpaired) electrons. The van der Waals surface area contributed by atoms with Crippen LogP contribution in [0.5, 0.6) is 17.2 Å². The second-order valence-electron chi connectivity index (χ2n) is 10.3. The number of phenols is 1. The molecule has 5 aromatic rings. The fourth-order valence-electron chi connectivity index (χ4n) is 5.06. The van der Waals surface area contributed by atoms with Crippen LogP contribution in [0.25, 0.3) is 32.5 Å². The number of nitrogens with zero attached hydrogens (tertiary/aromatic N) is 3. The van der Waals surface area contributed by atoms with Crippen molar-refractivity contribution in [3.05, 3.63) is 82.0 Å². The van der Waals surface area contributed by atoms with E-state index in [4.69, 9.17) is 13.9 Å². The Balaban J connectivity index is 1.28. The highest BCUT2D eigenvalue weighted by Gasteiger charge is 2.22. The van der Waals surface area contributed by atoms with Crippen LogP contribution in [-0.2, 0) is 6.61 Å². The Morgan fingerprint density at radius 2 is 1.76 bits per heavy atom. The maximum Gasteiger partial charge on any atom is 0.205 e. The van der Waals surface area contributed by atoms with Crippen molar-refractivity contribution in [2.45, 2.75) is 19.4 Å². The van der Waals surface area contributed by atoms with Gasteiger partial charge in [-0.25, -0.2) is 4.98 Å². The number of benzene rings is 3. The molecule has 0 bridgehead atoms. The molecule has 212 valence electrons. The number of rotatable bonds is 10. The lowest BCUT2D eigenvalue weighted by atomic mass is 10.1. The number of ether oxygens (including phenoxy) is 2. The molecular weight excluding hydrogens is 538 g/mol. The number of fused-ring (bicyclic) bond motifs is 2. The lowest BCUT2D eigenvalue weighted by molar-refractivity contribution is 0.149. The first-order valence-corrected chi connectivity index (χ1v) is 14.8. The van der Waals surface area contributed by atoms with Crippen molar-refractivity contribution in [2.24, 2.45) is 0 Å². The fraction of sp³-hybridized carbons (Fsp3) is 0.312. The molecule has 9 heteroatoms. The summed E-state index contributed by atoms with van der Waals surface area (Å²) in [7, 11) is 2.16. The van der Waals surface area contributed by atoms with E-state index in [-0.39, 0.29) is 28.8 Å². The van der Waals surface area contributed by atoms with Gasteiger partial charge in [0.1, 0.15) is 28.5 Å². The topological polar surface area (TPSA) is 88.3 Å². The normalized spacial score (nSPS) is 14.6. The minimum absolute atomic E-state index is 0.0736.